The molecule has 0 amide bonds. The van der Waals surface area contributed by atoms with Gasteiger partial charge in [-0.1, -0.05) is 27.7 Å². The number of carbonyl (C=O) groups excluding carboxylic acids is 1. The van der Waals surface area contributed by atoms with Gasteiger partial charge >= 0.3 is 11.9 Å². The van der Waals surface area contributed by atoms with Crippen LogP contribution in [0.15, 0.2) is 17.0 Å². The summed E-state index contributed by atoms with van der Waals surface area (Å²) in [7, 11) is 1.39. The van der Waals surface area contributed by atoms with Gasteiger partial charge in [0.2, 0.25) is 0 Å². The fourth-order valence-electron chi connectivity index (χ4n) is 10.3. The number of carbonyl (C=O) groups is 2. The highest BCUT2D eigenvalue weighted by Crippen LogP contribution is 2.52. The normalized spacial score (nSPS) is 41.5. The van der Waals surface area contributed by atoms with E-state index in [0.29, 0.717) is 12.2 Å². The maximum absolute atomic E-state index is 13.4. The van der Waals surface area contributed by atoms with Crippen LogP contribution in [0.2, 0.25) is 0 Å². The minimum absolute atomic E-state index is 0.00208. The lowest BCUT2D eigenvalue weighted by molar-refractivity contribution is -0.152. The van der Waals surface area contributed by atoms with E-state index in [1.54, 1.807) is 6.92 Å². The molecule has 0 aromatic carbocycles. The van der Waals surface area contributed by atoms with Gasteiger partial charge in [-0.3, -0.25) is 9.59 Å². The van der Waals surface area contributed by atoms with E-state index in [0.717, 1.165) is 36.2 Å². The number of aliphatic hydroxyl groups excluding tert-OH is 2. The smallest absolute Gasteiger partial charge is 0.311 e. The molecule has 0 spiro atoms. The van der Waals surface area contributed by atoms with Gasteiger partial charge in [0.05, 0.1) is 24.9 Å². The van der Waals surface area contributed by atoms with Crippen LogP contribution in [0.3, 0.4) is 0 Å². The second-order valence-corrected chi connectivity index (χ2v) is 14.6. The molecular formula is C35H52N4O6. The molecule has 0 radical (unpaired) electrons. The lowest BCUT2D eigenvalue weighted by Crippen LogP contribution is -2.51. The quantitative estimate of drug-likeness (QED) is 0.193. The number of rotatable bonds is 5. The van der Waals surface area contributed by atoms with Crippen molar-refractivity contribution in [3.8, 4) is 0 Å². The molecular weight excluding hydrogens is 572 g/mol. The number of hydrogen-bond donors (Lipinski definition) is 7. The summed E-state index contributed by atoms with van der Waals surface area (Å²) in [6, 6.07) is -0.0984. The number of esters is 1. The second-order valence-electron chi connectivity index (χ2n) is 14.6. The first-order chi connectivity index (χ1) is 21.4. The number of H-pyrrole nitrogens is 1. The summed E-state index contributed by atoms with van der Waals surface area (Å²) in [5.41, 5.74) is 6.57. The van der Waals surface area contributed by atoms with Crippen molar-refractivity contribution in [1.82, 2.24) is 20.9 Å². The zero-order chi connectivity index (χ0) is 32.5. The first-order valence-corrected chi connectivity index (χ1v) is 17.0. The Morgan fingerprint density at radius 3 is 2.38 bits per heavy atom. The van der Waals surface area contributed by atoms with Crippen molar-refractivity contribution in [2.24, 2.45) is 41.4 Å². The van der Waals surface area contributed by atoms with E-state index in [1.165, 1.54) is 23.9 Å². The van der Waals surface area contributed by atoms with Crippen molar-refractivity contribution >= 4 is 18.0 Å². The molecule has 4 aliphatic heterocycles. The van der Waals surface area contributed by atoms with E-state index in [9.17, 15) is 24.9 Å². The molecule has 45 heavy (non-hydrogen) atoms. The molecule has 3 saturated heterocycles. The van der Waals surface area contributed by atoms with Gasteiger partial charge in [-0.15, -0.1) is 0 Å². The molecule has 1 saturated carbocycles. The molecule has 5 aliphatic rings. The van der Waals surface area contributed by atoms with E-state index >= 15 is 0 Å². The van der Waals surface area contributed by atoms with Crippen molar-refractivity contribution < 1.29 is 29.6 Å². The maximum atomic E-state index is 13.4. The van der Waals surface area contributed by atoms with E-state index in [-0.39, 0.29) is 72.1 Å². The molecule has 1 aliphatic carbocycles. The lowest BCUT2D eigenvalue weighted by atomic mass is 9.75. The molecule has 10 nitrogen and oxygen atoms in total. The predicted molar refractivity (Wildman–Crippen MR) is 171 cm³/mol. The van der Waals surface area contributed by atoms with Crippen LogP contribution in [-0.4, -0.2) is 75.7 Å². The Labute approximate surface area is 266 Å². The van der Waals surface area contributed by atoms with Crippen LogP contribution in [0.1, 0.15) is 76.4 Å². The number of aliphatic carboxylic acids is 1. The standard InChI is InChI=1S/C35H52N4O6/c1-8-19-14(2)21-13-26-28(18(6)40)16(4)23(37-26)11-22-15(3)20(9-10-27(41)42)32(38-22)30-31(35(44)45-7)34(43)29-17(5)24(39-33(29)30)12-25(19)36-21/h13,15-17,20,22-24,29-34,36-40,43H,8-12H2,1-7H3,(H,41,42)/b26-13?,28-18+/t15?,16?,17?,20-,22?,23?,24?,29?,30?,31?,32?,33?,34?/m0/s1. The van der Waals surface area contributed by atoms with Crippen molar-refractivity contribution in [1.29, 1.82) is 0 Å². The minimum atomic E-state index is -0.857. The number of ether oxygens (including phenoxy) is 1. The molecule has 10 heteroatoms. The number of fused-ring (bicyclic) bond motifs is 8. The summed E-state index contributed by atoms with van der Waals surface area (Å²) < 4.78 is 5.31. The number of hydrogen-bond acceptors (Lipinski definition) is 8. The highest BCUT2D eigenvalue weighted by Gasteiger charge is 2.63. The number of aromatic nitrogens is 1. The van der Waals surface area contributed by atoms with Gasteiger partial charge in [0.1, 0.15) is 0 Å². The van der Waals surface area contributed by atoms with Crippen molar-refractivity contribution in [3.05, 3.63) is 39.5 Å². The summed E-state index contributed by atoms with van der Waals surface area (Å²) in [6.45, 7) is 12.6. The van der Waals surface area contributed by atoms with Crippen molar-refractivity contribution in [3.63, 3.8) is 0 Å². The van der Waals surface area contributed by atoms with Crippen LogP contribution in [0, 0.1) is 48.3 Å². The summed E-state index contributed by atoms with van der Waals surface area (Å²) >= 11 is 0. The summed E-state index contributed by atoms with van der Waals surface area (Å²) in [4.78, 5) is 29.0. The summed E-state index contributed by atoms with van der Waals surface area (Å²) in [5, 5.41) is 44.0. The van der Waals surface area contributed by atoms with Gasteiger partial charge in [-0.05, 0) is 68.1 Å². The first kappa shape index (κ1) is 32.1. The number of allylic oxidation sites excluding steroid dienone is 2. The zero-order valence-corrected chi connectivity index (χ0v) is 27.7. The summed E-state index contributed by atoms with van der Waals surface area (Å²) in [5.74, 6) is -1.70. The molecule has 1 aromatic rings. The van der Waals surface area contributed by atoms with E-state index < -0.39 is 24.0 Å². The zero-order valence-electron chi connectivity index (χ0n) is 27.7. The molecule has 1 aromatic heterocycles. The monoisotopic (exact) mass is 624 g/mol. The number of carboxylic acid groups (broad SMARTS) is 1. The minimum Gasteiger partial charge on any atom is -0.512 e. The molecule has 6 rings (SSSR count). The molecule has 13 atom stereocenters. The van der Waals surface area contributed by atoms with Crippen LogP contribution in [0.25, 0.3) is 6.08 Å². The van der Waals surface area contributed by atoms with Gasteiger partial charge in [0.25, 0.3) is 0 Å². The Morgan fingerprint density at radius 2 is 1.73 bits per heavy atom. The van der Waals surface area contributed by atoms with Gasteiger partial charge in [-0.25, -0.2) is 0 Å². The van der Waals surface area contributed by atoms with Gasteiger partial charge in [0, 0.05) is 83.5 Å². The topological polar surface area (TPSA) is 156 Å². The Morgan fingerprint density at radius 1 is 1.02 bits per heavy atom. The lowest BCUT2D eigenvalue weighted by Gasteiger charge is -2.34. The highest BCUT2D eigenvalue weighted by atomic mass is 16.5. The first-order valence-electron chi connectivity index (χ1n) is 17.0. The molecule has 4 fully saturated rings. The molecule has 7 N–H and O–H groups in total. The van der Waals surface area contributed by atoms with Crippen molar-refractivity contribution in [2.75, 3.05) is 7.11 Å². The Hall–Kier alpha value is -2.82. The average molecular weight is 625 g/mol. The fourth-order valence-corrected chi connectivity index (χ4v) is 10.3. The number of aliphatic hydroxyl groups is 2. The molecule has 5 heterocycles. The van der Waals surface area contributed by atoms with Crippen LogP contribution in [0.4, 0.5) is 0 Å². The maximum Gasteiger partial charge on any atom is 0.311 e. The highest BCUT2D eigenvalue weighted by molar-refractivity contribution is 5.74. The predicted octanol–water partition coefficient (Wildman–Crippen LogP) is 3.44. The fraction of sp³-hybridized carbons (Fsp3) is 0.714. The second kappa shape index (κ2) is 12.1. The van der Waals surface area contributed by atoms with E-state index in [4.69, 9.17) is 4.74 Å². The number of nitrogens with one attached hydrogen (secondary N) is 4. The van der Waals surface area contributed by atoms with Crippen LogP contribution in [-0.2, 0) is 27.2 Å². The van der Waals surface area contributed by atoms with Crippen LogP contribution in [0.5, 0.6) is 0 Å². The van der Waals surface area contributed by atoms with Gasteiger partial charge < -0.3 is 41.0 Å². The van der Waals surface area contributed by atoms with Crippen LogP contribution >= 0.6 is 0 Å². The third kappa shape index (κ3) is 5.21. The van der Waals surface area contributed by atoms with E-state index in [2.05, 4.69) is 61.6 Å². The Balaban J connectivity index is 1.49. The number of carboxylic acids is 1. The third-order valence-corrected chi connectivity index (χ3v) is 12.6. The number of methoxy groups -OCH3 is 1. The van der Waals surface area contributed by atoms with E-state index in [1.807, 2.05) is 0 Å². The molecule has 12 unspecified atom stereocenters. The van der Waals surface area contributed by atoms with Gasteiger partial charge in [0.15, 0.2) is 0 Å². The third-order valence-electron chi connectivity index (χ3n) is 12.6. The largest absolute Gasteiger partial charge is 0.512 e. The molecule has 8 bridgehead atoms. The number of aromatic amines is 1. The van der Waals surface area contributed by atoms with Crippen molar-refractivity contribution in [2.45, 2.75) is 110 Å². The average Bonchev–Trinajstić information content (AvgIpc) is 3.72. The van der Waals surface area contributed by atoms with Crippen LogP contribution < -0.4 is 16.0 Å². The van der Waals surface area contributed by atoms with Gasteiger partial charge in [-0.2, -0.15) is 0 Å². The molecule has 248 valence electrons. The SMILES string of the molecule is CCc1c2[nH]c(c1C)C=C1NC(CC3NC(C4C5NC(C2)C(C)C5C(O)C4C(=O)OC)[C@@H](CCC(=O)O)C3C)C(C)/C1=C(/C)O. The Bertz CT molecular complexity index is 1400. The summed E-state index contributed by atoms with van der Waals surface area (Å²) in [6.07, 6.45) is 4.25. The Kier molecular flexibility index (Phi) is 8.63.